The molecule has 1 N–H and O–H groups in total. The molecule has 0 spiro atoms. The number of hydrogen-bond acceptors (Lipinski definition) is 3. The number of benzene rings is 2. The minimum atomic E-state index is -3.60. The number of amides is 1. The Hall–Kier alpha value is -2.34. The van der Waals surface area contributed by atoms with Gasteiger partial charge in [-0.15, -0.1) is 0 Å². The third-order valence-corrected chi connectivity index (χ3v) is 6.33. The Morgan fingerprint density at radius 2 is 1.43 bits per heavy atom. The fourth-order valence-corrected chi connectivity index (χ4v) is 4.05. The molecule has 2 aromatic carbocycles. The van der Waals surface area contributed by atoms with Crippen LogP contribution in [-0.2, 0) is 20.2 Å². The van der Waals surface area contributed by atoms with E-state index in [0.29, 0.717) is 11.6 Å². The summed E-state index contributed by atoms with van der Waals surface area (Å²) in [6, 6.07) is 15.2. The van der Waals surface area contributed by atoms with Gasteiger partial charge in [-0.25, -0.2) is 8.42 Å². The lowest BCUT2D eigenvalue weighted by Gasteiger charge is -2.24. The monoisotopic (exact) mass is 430 g/mol. The topological polar surface area (TPSA) is 66.5 Å². The average Bonchev–Trinajstić information content (AvgIpc) is 2.64. The molecule has 164 valence electrons. The van der Waals surface area contributed by atoms with Crippen molar-refractivity contribution in [3.8, 4) is 0 Å². The molecule has 0 saturated carbocycles. The molecule has 0 fully saturated rings. The molecule has 30 heavy (non-hydrogen) atoms. The molecule has 0 saturated heterocycles. The van der Waals surface area contributed by atoms with Crippen molar-refractivity contribution >= 4 is 21.6 Å². The molecule has 0 aliphatic heterocycles. The summed E-state index contributed by atoms with van der Waals surface area (Å²) in [5, 5.41) is 2.91. The first-order valence-electron chi connectivity index (χ1n) is 10.3. The maximum absolute atomic E-state index is 12.6. The fourth-order valence-electron chi connectivity index (χ4n) is 3.20. The van der Waals surface area contributed by atoms with Crippen LogP contribution in [0.2, 0.25) is 0 Å². The van der Waals surface area contributed by atoms with Crippen LogP contribution in [0.1, 0.15) is 70.2 Å². The molecule has 2 rings (SSSR count). The summed E-state index contributed by atoms with van der Waals surface area (Å²) < 4.78 is 25.8. The number of sulfonamides is 1. The largest absolute Gasteiger partial charge is 0.348 e. The Balaban J connectivity index is 2.12. The molecule has 2 aromatic rings. The minimum Gasteiger partial charge on any atom is -0.348 e. The van der Waals surface area contributed by atoms with Crippen LogP contribution in [0.4, 0.5) is 5.69 Å². The van der Waals surface area contributed by atoms with Crippen molar-refractivity contribution in [2.45, 2.75) is 58.9 Å². The molecule has 0 aliphatic rings. The van der Waals surface area contributed by atoms with Gasteiger partial charge in [-0.1, -0.05) is 71.0 Å². The maximum atomic E-state index is 12.6. The number of anilines is 1. The van der Waals surface area contributed by atoms with E-state index < -0.39 is 10.0 Å². The summed E-state index contributed by atoms with van der Waals surface area (Å²) in [4.78, 5) is 12.6. The van der Waals surface area contributed by atoms with Gasteiger partial charge in [0.2, 0.25) is 15.9 Å². The van der Waals surface area contributed by atoms with Crippen LogP contribution in [0.5, 0.6) is 0 Å². The van der Waals surface area contributed by atoms with Gasteiger partial charge < -0.3 is 5.32 Å². The maximum Gasteiger partial charge on any atom is 0.241 e. The number of carbonyl (C=O) groups excluding carboxylic acids is 1. The smallest absolute Gasteiger partial charge is 0.241 e. The SMILES string of the molecule is CC(C)c1ccc(N(CC(=O)N[C@@H](C)c2ccc(C(C)(C)C)cc2)S(C)(=O)=O)cc1. The van der Waals surface area contributed by atoms with Crippen LogP contribution in [0.15, 0.2) is 48.5 Å². The molecule has 5 nitrogen and oxygen atoms in total. The number of nitrogens with one attached hydrogen (secondary N) is 1. The van der Waals surface area contributed by atoms with Gasteiger partial charge in [-0.2, -0.15) is 0 Å². The van der Waals surface area contributed by atoms with Crippen molar-refractivity contribution in [1.82, 2.24) is 5.32 Å². The third kappa shape index (κ3) is 6.33. The number of rotatable bonds is 7. The molecule has 0 aliphatic carbocycles. The van der Waals surface area contributed by atoms with Crippen molar-refractivity contribution in [2.24, 2.45) is 0 Å². The normalized spacial score (nSPS) is 13.2. The van der Waals surface area contributed by atoms with E-state index in [9.17, 15) is 13.2 Å². The molecule has 0 bridgehead atoms. The van der Waals surface area contributed by atoms with Crippen molar-refractivity contribution in [3.05, 3.63) is 65.2 Å². The van der Waals surface area contributed by atoms with Crippen molar-refractivity contribution in [1.29, 1.82) is 0 Å². The second kappa shape index (κ2) is 9.21. The van der Waals surface area contributed by atoms with Gasteiger partial charge >= 0.3 is 0 Å². The molecule has 1 atom stereocenters. The lowest BCUT2D eigenvalue weighted by atomic mass is 9.86. The lowest BCUT2D eigenvalue weighted by molar-refractivity contribution is -0.120. The lowest BCUT2D eigenvalue weighted by Crippen LogP contribution is -2.41. The van der Waals surface area contributed by atoms with Gasteiger partial charge in [0.05, 0.1) is 18.0 Å². The summed E-state index contributed by atoms with van der Waals surface area (Å²) in [5.41, 5.74) is 3.86. The molecule has 0 radical (unpaired) electrons. The molecular weight excluding hydrogens is 396 g/mol. The summed E-state index contributed by atoms with van der Waals surface area (Å²) >= 11 is 0. The predicted molar refractivity (Wildman–Crippen MR) is 124 cm³/mol. The van der Waals surface area contributed by atoms with E-state index in [2.05, 4.69) is 52.1 Å². The molecule has 0 heterocycles. The van der Waals surface area contributed by atoms with Gasteiger partial charge in [0.15, 0.2) is 0 Å². The van der Waals surface area contributed by atoms with Gasteiger partial charge in [-0.05, 0) is 47.1 Å². The van der Waals surface area contributed by atoms with Gasteiger partial charge in [-0.3, -0.25) is 9.10 Å². The highest BCUT2D eigenvalue weighted by Crippen LogP contribution is 2.24. The van der Waals surface area contributed by atoms with Crippen LogP contribution >= 0.6 is 0 Å². The Labute approximate surface area is 181 Å². The average molecular weight is 431 g/mol. The van der Waals surface area contributed by atoms with Crippen LogP contribution < -0.4 is 9.62 Å². The zero-order valence-electron chi connectivity index (χ0n) is 19.1. The molecular formula is C24H34N2O3S. The zero-order chi connectivity index (χ0) is 22.7. The quantitative estimate of drug-likeness (QED) is 0.689. The molecule has 0 aromatic heterocycles. The Morgan fingerprint density at radius 1 is 0.933 bits per heavy atom. The number of hydrogen-bond donors (Lipinski definition) is 1. The van der Waals surface area contributed by atoms with Gasteiger partial charge in [0, 0.05) is 0 Å². The zero-order valence-corrected chi connectivity index (χ0v) is 19.9. The van der Waals surface area contributed by atoms with E-state index in [1.165, 1.54) is 5.56 Å². The van der Waals surface area contributed by atoms with E-state index in [1.807, 2.05) is 31.2 Å². The fraction of sp³-hybridized carbons (Fsp3) is 0.458. The number of carbonyl (C=O) groups is 1. The van der Waals surface area contributed by atoms with Crippen LogP contribution in [-0.4, -0.2) is 27.1 Å². The second-order valence-corrected chi connectivity index (χ2v) is 11.1. The third-order valence-electron chi connectivity index (χ3n) is 5.19. The number of nitrogens with zero attached hydrogens (tertiary/aromatic N) is 1. The highest BCUT2D eigenvalue weighted by Gasteiger charge is 2.22. The summed E-state index contributed by atoms with van der Waals surface area (Å²) in [6.07, 6.45) is 1.12. The van der Waals surface area contributed by atoms with Crippen LogP contribution in [0.3, 0.4) is 0 Å². The standard InChI is InChI=1S/C24H34N2O3S/c1-17(2)19-10-14-22(15-11-19)26(30(7,28)29)16-23(27)25-18(3)20-8-12-21(13-9-20)24(4,5)6/h8-15,17-18H,16H2,1-7H3,(H,25,27)/t18-/m0/s1. The first-order chi connectivity index (χ1) is 13.8. The van der Waals surface area contributed by atoms with Gasteiger partial charge in [0.25, 0.3) is 0 Å². The first kappa shape index (κ1) is 23.9. The van der Waals surface area contributed by atoms with E-state index in [1.54, 1.807) is 12.1 Å². The highest BCUT2D eigenvalue weighted by atomic mass is 32.2. The van der Waals surface area contributed by atoms with Crippen molar-refractivity contribution in [2.75, 3.05) is 17.1 Å². The minimum absolute atomic E-state index is 0.0616. The molecule has 0 unspecified atom stereocenters. The van der Waals surface area contributed by atoms with E-state index in [-0.39, 0.29) is 23.9 Å². The van der Waals surface area contributed by atoms with Crippen LogP contribution in [0, 0.1) is 0 Å². The Bertz CT molecular complexity index is 957. The molecule has 1 amide bonds. The van der Waals surface area contributed by atoms with Gasteiger partial charge in [0.1, 0.15) is 6.54 Å². The van der Waals surface area contributed by atoms with Crippen molar-refractivity contribution in [3.63, 3.8) is 0 Å². The highest BCUT2D eigenvalue weighted by molar-refractivity contribution is 7.92. The van der Waals surface area contributed by atoms with Crippen LogP contribution in [0.25, 0.3) is 0 Å². The summed E-state index contributed by atoms with van der Waals surface area (Å²) in [7, 11) is -3.60. The summed E-state index contributed by atoms with van der Waals surface area (Å²) in [6.45, 7) is 12.2. The van der Waals surface area contributed by atoms with Crippen molar-refractivity contribution < 1.29 is 13.2 Å². The van der Waals surface area contributed by atoms with E-state index in [0.717, 1.165) is 21.7 Å². The van der Waals surface area contributed by atoms with E-state index in [4.69, 9.17) is 0 Å². The Kier molecular flexibility index (Phi) is 7.35. The predicted octanol–water partition coefficient (Wildman–Crippen LogP) is 4.75. The second-order valence-electron chi connectivity index (χ2n) is 9.18. The summed E-state index contributed by atoms with van der Waals surface area (Å²) in [5.74, 6) is 0.000289. The Morgan fingerprint density at radius 3 is 1.87 bits per heavy atom. The van der Waals surface area contributed by atoms with E-state index >= 15 is 0 Å². The molecule has 6 heteroatoms. The first-order valence-corrected chi connectivity index (χ1v) is 12.1.